The molecule has 0 saturated carbocycles. The van der Waals surface area contributed by atoms with Gasteiger partial charge >= 0.3 is 5.63 Å². The van der Waals surface area contributed by atoms with Crippen LogP contribution in [0, 0.1) is 6.92 Å². The number of rotatable bonds is 2. The molecule has 0 bridgehead atoms. The number of carbonyl (C=O) groups is 1. The molecule has 0 spiro atoms. The summed E-state index contributed by atoms with van der Waals surface area (Å²) in [6.07, 6.45) is 2.41. The Morgan fingerprint density at radius 2 is 1.76 bits per heavy atom. The molecule has 0 fully saturated rings. The molecule has 1 aromatic heterocycles. The normalized spacial score (nSPS) is 17.8. The van der Waals surface area contributed by atoms with E-state index in [1.165, 1.54) is 0 Å². The van der Waals surface area contributed by atoms with Crippen LogP contribution in [0.5, 0.6) is 5.75 Å². The van der Waals surface area contributed by atoms with Crippen LogP contribution in [0.25, 0.3) is 11.0 Å². The molecule has 5 heteroatoms. The summed E-state index contributed by atoms with van der Waals surface area (Å²) >= 11 is 0. The van der Waals surface area contributed by atoms with E-state index in [1.807, 2.05) is 56.3 Å². The zero-order valence-electron chi connectivity index (χ0n) is 16.9. The largest absolute Gasteiger partial charge is 0.484 e. The molecule has 5 nitrogen and oxygen atoms in total. The molecule has 2 aromatic carbocycles. The summed E-state index contributed by atoms with van der Waals surface area (Å²) in [6, 6.07) is 9.90. The number of Topliss-reactive ketones (excluding diaryl/α,β-unsaturated/α-hetero) is 1. The quantitative estimate of drug-likeness (QED) is 0.610. The summed E-state index contributed by atoms with van der Waals surface area (Å²) in [5.41, 5.74) is 5.46. The van der Waals surface area contributed by atoms with Crippen molar-refractivity contribution in [3.05, 3.63) is 68.6 Å². The van der Waals surface area contributed by atoms with E-state index in [2.05, 4.69) is 0 Å². The fourth-order valence-corrected chi connectivity index (χ4v) is 4.62. The van der Waals surface area contributed by atoms with E-state index >= 15 is 0 Å². The zero-order valence-corrected chi connectivity index (χ0v) is 16.9. The summed E-state index contributed by atoms with van der Waals surface area (Å²) < 4.78 is 12.1. The van der Waals surface area contributed by atoms with Gasteiger partial charge in [-0.25, -0.2) is 4.79 Å². The first-order valence-electron chi connectivity index (χ1n) is 10.0. The molecule has 0 amide bonds. The van der Waals surface area contributed by atoms with E-state index in [0.29, 0.717) is 23.3 Å². The van der Waals surface area contributed by atoms with Gasteiger partial charge in [-0.2, -0.15) is 0 Å². The maximum Gasteiger partial charge on any atom is 0.339 e. The van der Waals surface area contributed by atoms with Crippen LogP contribution in [0.3, 0.4) is 0 Å². The number of benzene rings is 2. The molecule has 3 aromatic rings. The Bertz CT molecular complexity index is 1200. The van der Waals surface area contributed by atoms with Gasteiger partial charge in [-0.1, -0.05) is 12.1 Å². The summed E-state index contributed by atoms with van der Waals surface area (Å²) in [5, 5.41) is 0.806. The standard InChI is InChI=1S/C24H23NO4/c1-13-11-20-22(16-5-4-6-17(16)24(27)29-20)23-21(13)18(26)12-19(28-23)14-7-9-15(10-8-14)25(2)3/h7-11,19H,4-6,12H2,1-3H3. The molecule has 0 saturated heterocycles. The van der Waals surface area contributed by atoms with Crippen molar-refractivity contribution in [2.24, 2.45) is 0 Å². The van der Waals surface area contributed by atoms with Gasteiger partial charge in [-0.3, -0.25) is 4.79 Å². The molecule has 0 N–H and O–H groups in total. The first-order valence-corrected chi connectivity index (χ1v) is 10.0. The van der Waals surface area contributed by atoms with Gasteiger partial charge in [0.05, 0.1) is 17.4 Å². The van der Waals surface area contributed by atoms with E-state index in [1.54, 1.807) is 0 Å². The maximum atomic E-state index is 13.1. The summed E-state index contributed by atoms with van der Waals surface area (Å²) in [6.45, 7) is 1.87. The number of hydrogen-bond donors (Lipinski definition) is 0. The predicted octanol–water partition coefficient (Wildman–Crippen LogP) is 4.36. The Labute approximate surface area is 168 Å². The summed E-state index contributed by atoms with van der Waals surface area (Å²) in [7, 11) is 3.99. The minimum atomic E-state index is -0.347. The van der Waals surface area contributed by atoms with Crippen molar-refractivity contribution in [3.63, 3.8) is 0 Å². The van der Waals surface area contributed by atoms with Crippen LogP contribution in [0.4, 0.5) is 5.69 Å². The van der Waals surface area contributed by atoms with E-state index in [-0.39, 0.29) is 17.5 Å². The number of ether oxygens (including phenoxy) is 1. The Balaban J connectivity index is 1.68. The molecule has 1 aliphatic heterocycles. The van der Waals surface area contributed by atoms with Gasteiger partial charge in [0.15, 0.2) is 5.78 Å². The third-order valence-electron chi connectivity index (χ3n) is 6.10. The van der Waals surface area contributed by atoms with Crippen molar-refractivity contribution in [3.8, 4) is 5.75 Å². The fourth-order valence-electron chi connectivity index (χ4n) is 4.62. The van der Waals surface area contributed by atoms with E-state index < -0.39 is 0 Å². The van der Waals surface area contributed by atoms with Crippen LogP contribution in [0.1, 0.15) is 51.6 Å². The lowest BCUT2D eigenvalue weighted by atomic mass is 9.90. The topological polar surface area (TPSA) is 59.8 Å². The molecule has 2 heterocycles. The second-order valence-electron chi connectivity index (χ2n) is 8.19. The van der Waals surface area contributed by atoms with Gasteiger partial charge in [0.2, 0.25) is 0 Å². The van der Waals surface area contributed by atoms with Crippen LogP contribution >= 0.6 is 0 Å². The smallest absolute Gasteiger partial charge is 0.339 e. The average molecular weight is 389 g/mol. The number of fused-ring (bicyclic) bond motifs is 5. The highest BCUT2D eigenvalue weighted by molar-refractivity contribution is 6.07. The number of aryl methyl sites for hydroxylation is 2. The highest BCUT2D eigenvalue weighted by Gasteiger charge is 2.33. The number of carbonyl (C=O) groups excluding carboxylic acids is 1. The second-order valence-corrected chi connectivity index (χ2v) is 8.19. The number of anilines is 1. The monoisotopic (exact) mass is 389 g/mol. The summed E-state index contributed by atoms with van der Waals surface area (Å²) in [4.78, 5) is 27.5. The maximum absolute atomic E-state index is 13.1. The molecule has 29 heavy (non-hydrogen) atoms. The molecule has 148 valence electrons. The SMILES string of the molecule is Cc1cc2oc(=O)c3c(c2c2c1C(=O)CC(c1ccc(N(C)C)cc1)O2)CCC3. The Morgan fingerprint density at radius 1 is 1.03 bits per heavy atom. The van der Waals surface area contributed by atoms with Crippen LogP contribution in [-0.4, -0.2) is 19.9 Å². The van der Waals surface area contributed by atoms with Crippen molar-refractivity contribution in [1.29, 1.82) is 0 Å². The van der Waals surface area contributed by atoms with Gasteiger partial charge in [0, 0.05) is 25.3 Å². The first kappa shape index (κ1) is 18.0. The van der Waals surface area contributed by atoms with Crippen LogP contribution < -0.4 is 15.3 Å². The van der Waals surface area contributed by atoms with Crippen LogP contribution in [0.2, 0.25) is 0 Å². The van der Waals surface area contributed by atoms with Crippen LogP contribution in [-0.2, 0) is 12.8 Å². The molecule has 1 atom stereocenters. The highest BCUT2D eigenvalue weighted by Crippen LogP contribution is 2.44. The van der Waals surface area contributed by atoms with E-state index in [0.717, 1.165) is 52.6 Å². The molecule has 1 aliphatic carbocycles. The third-order valence-corrected chi connectivity index (χ3v) is 6.10. The zero-order chi connectivity index (χ0) is 20.3. The molecular weight excluding hydrogens is 366 g/mol. The van der Waals surface area contributed by atoms with Gasteiger partial charge in [-0.05, 0) is 61.1 Å². The van der Waals surface area contributed by atoms with E-state index in [4.69, 9.17) is 9.15 Å². The van der Waals surface area contributed by atoms with Crippen molar-refractivity contribution in [1.82, 2.24) is 0 Å². The van der Waals surface area contributed by atoms with Crippen molar-refractivity contribution in [2.75, 3.05) is 19.0 Å². The minimum Gasteiger partial charge on any atom is -0.484 e. The van der Waals surface area contributed by atoms with E-state index in [9.17, 15) is 9.59 Å². The Hall–Kier alpha value is -3.08. The summed E-state index contributed by atoms with van der Waals surface area (Å²) in [5.74, 6) is 0.658. The van der Waals surface area contributed by atoms with Crippen molar-refractivity contribution < 1.29 is 13.9 Å². The molecule has 5 rings (SSSR count). The number of nitrogens with zero attached hydrogens (tertiary/aromatic N) is 1. The Morgan fingerprint density at radius 3 is 2.48 bits per heavy atom. The first-order chi connectivity index (χ1) is 13.9. The van der Waals surface area contributed by atoms with Gasteiger partial charge in [-0.15, -0.1) is 0 Å². The Kier molecular flexibility index (Phi) is 4.02. The van der Waals surface area contributed by atoms with Crippen LogP contribution in [0.15, 0.2) is 39.5 Å². The molecular formula is C24H23NO4. The third kappa shape index (κ3) is 2.76. The van der Waals surface area contributed by atoms with Gasteiger partial charge in [0.1, 0.15) is 17.4 Å². The molecule has 0 radical (unpaired) electrons. The lowest BCUT2D eigenvalue weighted by Gasteiger charge is -2.28. The predicted molar refractivity (Wildman–Crippen MR) is 112 cm³/mol. The fraction of sp³-hybridized carbons (Fsp3) is 0.333. The van der Waals surface area contributed by atoms with Gasteiger partial charge in [0.25, 0.3) is 0 Å². The van der Waals surface area contributed by atoms with Crippen molar-refractivity contribution >= 4 is 22.4 Å². The lowest BCUT2D eigenvalue weighted by Crippen LogP contribution is -2.22. The lowest BCUT2D eigenvalue weighted by molar-refractivity contribution is 0.0852. The molecule has 2 aliphatic rings. The highest BCUT2D eigenvalue weighted by atomic mass is 16.5. The molecule has 1 unspecified atom stereocenters. The number of ketones is 1. The minimum absolute atomic E-state index is 0.0743. The average Bonchev–Trinajstić information content (AvgIpc) is 3.18. The number of hydrogen-bond acceptors (Lipinski definition) is 5. The van der Waals surface area contributed by atoms with Crippen molar-refractivity contribution in [2.45, 2.75) is 38.7 Å². The second kappa shape index (κ2) is 6.48. The van der Waals surface area contributed by atoms with Gasteiger partial charge < -0.3 is 14.1 Å².